The third kappa shape index (κ3) is 4.00. The molecule has 0 unspecified atom stereocenters. The third-order valence-electron chi connectivity index (χ3n) is 3.17. The minimum Gasteiger partial charge on any atom is -0.508 e. The highest BCUT2D eigenvalue weighted by atomic mass is 16.3. The first-order valence-corrected chi connectivity index (χ1v) is 6.80. The predicted molar refractivity (Wildman–Crippen MR) is 84.0 cm³/mol. The number of rotatable bonds is 5. The van der Waals surface area contributed by atoms with Crippen LogP contribution >= 0.6 is 0 Å². The number of aryl methyl sites for hydroxylation is 1. The molecule has 106 valence electrons. The summed E-state index contributed by atoms with van der Waals surface area (Å²) in [6.07, 6.45) is 0. The van der Waals surface area contributed by atoms with Gasteiger partial charge in [-0.25, -0.2) is 0 Å². The van der Waals surface area contributed by atoms with Gasteiger partial charge in [0.2, 0.25) is 0 Å². The normalized spacial score (nSPS) is 10.8. The van der Waals surface area contributed by atoms with E-state index in [1.54, 1.807) is 6.07 Å². The fourth-order valence-electron chi connectivity index (χ4n) is 2.15. The van der Waals surface area contributed by atoms with E-state index in [-0.39, 0.29) is 0 Å². The summed E-state index contributed by atoms with van der Waals surface area (Å²) < 4.78 is 0. The van der Waals surface area contributed by atoms with Crippen LogP contribution in [0.15, 0.2) is 42.5 Å². The molecule has 3 nitrogen and oxygen atoms in total. The van der Waals surface area contributed by atoms with Crippen molar-refractivity contribution in [2.45, 2.75) is 20.0 Å². The predicted octanol–water partition coefficient (Wildman–Crippen LogP) is 3.37. The topological polar surface area (TPSA) is 35.5 Å². The van der Waals surface area contributed by atoms with Crippen LogP contribution in [0.25, 0.3) is 0 Å². The molecule has 2 aromatic rings. The lowest BCUT2D eigenvalue weighted by Gasteiger charge is -2.12. The molecule has 0 bridgehead atoms. The Morgan fingerprint density at radius 1 is 1.05 bits per heavy atom. The first-order chi connectivity index (χ1) is 9.54. The van der Waals surface area contributed by atoms with E-state index in [2.05, 4.69) is 48.6 Å². The highest BCUT2D eigenvalue weighted by Gasteiger charge is 2.02. The zero-order valence-electron chi connectivity index (χ0n) is 12.4. The number of nitrogens with one attached hydrogen (secondary N) is 1. The molecule has 2 rings (SSSR count). The summed E-state index contributed by atoms with van der Waals surface area (Å²) in [7, 11) is 4.12. The molecule has 0 aliphatic heterocycles. The zero-order chi connectivity index (χ0) is 14.5. The van der Waals surface area contributed by atoms with E-state index in [1.807, 2.05) is 19.1 Å². The van der Waals surface area contributed by atoms with Crippen molar-refractivity contribution < 1.29 is 5.11 Å². The number of nitrogens with zero attached hydrogens (tertiary/aromatic N) is 1. The van der Waals surface area contributed by atoms with Crippen molar-refractivity contribution in [1.82, 2.24) is 4.90 Å². The van der Waals surface area contributed by atoms with Crippen LogP contribution < -0.4 is 5.32 Å². The molecule has 0 saturated carbocycles. The quantitative estimate of drug-likeness (QED) is 0.874. The lowest BCUT2D eigenvalue weighted by molar-refractivity contribution is 0.402. The van der Waals surface area contributed by atoms with Crippen molar-refractivity contribution in [3.05, 3.63) is 59.2 Å². The maximum absolute atomic E-state index is 9.81. The summed E-state index contributed by atoms with van der Waals surface area (Å²) in [5.74, 6) is 0.340. The van der Waals surface area contributed by atoms with Gasteiger partial charge in [0.25, 0.3) is 0 Å². The minimum atomic E-state index is 0.340. The molecule has 0 heterocycles. The number of hydrogen-bond acceptors (Lipinski definition) is 3. The van der Waals surface area contributed by atoms with E-state index < -0.39 is 0 Å². The van der Waals surface area contributed by atoms with Gasteiger partial charge in [0.05, 0.1) is 0 Å². The van der Waals surface area contributed by atoms with Crippen molar-refractivity contribution in [2.75, 3.05) is 19.4 Å². The van der Waals surface area contributed by atoms with Crippen molar-refractivity contribution >= 4 is 5.69 Å². The number of hydrogen-bond donors (Lipinski definition) is 2. The van der Waals surface area contributed by atoms with Crippen molar-refractivity contribution in [1.29, 1.82) is 0 Å². The molecule has 2 aromatic carbocycles. The standard InChI is InChI=1S/C17H22N2O/c1-13-4-9-17(20)15(10-13)11-18-16-7-5-14(6-8-16)12-19(2)3/h4-10,18,20H,11-12H2,1-3H3. The van der Waals surface area contributed by atoms with E-state index in [1.165, 1.54) is 5.56 Å². The molecule has 0 fully saturated rings. The lowest BCUT2D eigenvalue weighted by atomic mass is 10.1. The maximum atomic E-state index is 9.81. The van der Waals surface area contributed by atoms with Crippen LogP contribution in [-0.4, -0.2) is 24.1 Å². The van der Waals surface area contributed by atoms with Crippen molar-refractivity contribution in [3.8, 4) is 5.75 Å². The summed E-state index contributed by atoms with van der Waals surface area (Å²) >= 11 is 0. The molecule has 0 aliphatic carbocycles. The number of phenols is 1. The van der Waals surface area contributed by atoms with E-state index in [0.717, 1.165) is 23.4 Å². The Kier molecular flexibility index (Phi) is 4.64. The number of benzene rings is 2. The Morgan fingerprint density at radius 3 is 2.40 bits per heavy atom. The van der Waals surface area contributed by atoms with Gasteiger partial charge in [0.15, 0.2) is 0 Å². The average molecular weight is 270 g/mol. The maximum Gasteiger partial charge on any atom is 0.120 e. The highest BCUT2D eigenvalue weighted by Crippen LogP contribution is 2.20. The van der Waals surface area contributed by atoms with Crippen molar-refractivity contribution in [2.24, 2.45) is 0 Å². The third-order valence-corrected chi connectivity index (χ3v) is 3.17. The highest BCUT2D eigenvalue weighted by molar-refractivity contribution is 5.46. The largest absolute Gasteiger partial charge is 0.508 e. The van der Waals surface area contributed by atoms with Gasteiger partial charge in [0, 0.05) is 24.3 Å². The fourth-order valence-corrected chi connectivity index (χ4v) is 2.15. The monoisotopic (exact) mass is 270 g/mol. The fraction of sp³-hybridized carbons (Fsp3) is 0.294. The molecular formula is C17H22N2O. The molecule has 0 aliphatic rings. The molecule has 0 atom stereocenters. The molecule has 20 heavy (non-hydrogen) atoms. The first-order valence-electron chi connectivity index (χ1n) is 6.80. The molecule has 0 spiro atoms. The summed E-state index contributed by atoms with van der Waals surface area (Å²) in [4.78, 5) is 2.15. The Morgan fingerprint density at radius 2 is 1.75 bits per heavy atom. The van der Waals surface area contributed by atoms with Crippen LogP contribution in [0.1, 0.15) is 16.7 Å². The molecular weight excluding hydrogens is 248 g/mol. The van der Waals surface area contributed by atoms with Gasteiger partial charge in [0.1, 0.15) is 5.75 Å². The second-order valence-corrected chi connectivity index (χ2v) is 5.42. The molecule has 0 saturated heterocycles. The molecule has 0 radical (unpaired) electrons. The Bertz CT molecular complexity index is 562. The van der Waals surface area contributed by atoms with Gasteiger partial charge in [-0.2, -0.15) is 0 Å². The van der Waals surface area contributed by atoms with Crippen LogP contribution in [-0.2, 0) is 13.1 Å². The van der Waals surface area contributed by atoms with Gasteiger partial charge in [-0.05, 0) is 44.8 Å². The van der Waals surface area contributed by atoms with Gasteiger partial charge >= 0.3 is 0 Å². The molecule has 2 N–H and O–H groups in total. The molecule has 0 amide bonds. The Balaban J connectivity index is 1.98. The van der Waals surface area contributed by atoms with Crippen LogP contribution in [0.5, 0.6) is 5.75 Å². The van der Waals surface area contributed by atoms with Gasteiger partial charge in [-0.15, -0.1) is 0 Å². The number of phenolic OH excluding ortho intramolecular Hbond substituents is 1. The first kappa shape index (κ1) is 14.4. The second-order valence-electron chi connectivity index (χ2n) is 5.42. The second kappa shape index (κ2) is 6.44. The number of anilines is 1. The lowest BCUT2D eigenvalue weighted by Crippen LogP contribution is -2.10. The smallest absolute Gasteiger partial charge is 0.120 e. The summed E-state index contributed by atoms with van der Waals surface area (Å²) in [6, 6.07) is 14.1. The minimum absolute atomic E-state index is 0.340. The van der Waals surface area contributed by atoms with Gasteiger partial charge in [-0.3, -0.25) is 0 Å². The van der Waals surface area contributed by atoms with Crippen LogP contribution in [0.4, 0.5) is 5.69 Å². The van der Waals surface area contributed by atoms with Crippen LogP contribution in [0, 0.1) is 6.92 Å². The summed E-state index contributed by atoms with van der Waals surface area (Å²) in [6.45, 7) is 3.60. The van der Waals surface area contributed by atoms with E-state index in [9.17, 15) is 5.11 Å². The zero-order valence-corrected chi connectivity index (χ0v) is 12.4. The Hall–Kier alpha value is -2.00. The van der Waals surface area contributed by atoms with Crippen LogP contribution in [0.2, 0.25) is 0 Å². The SMILES string of the molecule is Cc1ccc(O)c(CNc2ccc(CN(C)C)cc2)c1. The van der Waals surface area contributed by atoms with Gasteiger partial charge in [-0.1, -0.05) is 29.8 Å². The van der Waals surface area contributed by atoms with E-state index >= 15 is 0 Å². The van der Waals surface area contributed by atoms with Crippen molar-refractivity contribution in [3.63, 3.8) is 0 Å². The number of aromatic hydroxyl groups is 1. The molecule has 0 aromatic heterocycles. The van der Waals surface area contributed by atoms with Crippen LogP contribution in [0.3, 0.4) is 0 Å². The average Bonchev–Trinajstić information content (AvgIpc) is 2.41. The van der Waals surface area contributed by atoms with E-state index in [0.29, 0.717) is 12.3 Å². The van der Waals surface area contributed by atoms with E-state index in [4.69, 9.17) is 0 Å². The Labute approximate surface area is 120 Å². The molecule has 3 heteroatoms. The summed E-state index contributed by atoms with van der Waals surface area (Å²) in [5, 5.41) is 13.1. The summed E-state index contributed by atoms with van der Waals surface area (Å²) in [5.41, 5.74) is 4.43. The van der Waals surface area contributed by atoms with Gasteiger partial charge < -0.3 is 15.3 Å².